The van der Waals surface area contributed by atoms with Crippen LogP contribution in [0.3, 0.4) is 0 Å². The molecule has 0 fully saturated rings. The molecule has 3 heteroatoms. The lowest BCUT2D eigenvalue weighted by atomic mass is 10.1. The smallest absolute Gasteiger partial charge is 0.303 e. The van der Waals surface area contributed by atoms with E-state index in [2.05, 4.69) is 0 Å². The molecular formula is C10H12O3. The van der Waals surface area contributed by atoms with Crippen LogP contribution in [0, 0.1) is 0 Å². The number of rotatable bonds is 4. The minimum atomic E-state index is -0.880. The number of benzene rings is 1. The molecule has 70 valence electrons. The van der Waals surface area contributed by atoms with Crippen LogP contribution in [0.25, 0.3) is 0 Å². The molecule has 0 unspecified atom stereocenters. The molecule has 0 aliphatic rings. The van der Waals surface area contributed by atoms with Gasteiger partial charge in [-0.05, 0) is 12.0 Å². The molecule has 13 heavy (non-hydrogen) atoms. The highest BCUT2D eigenvalue weighted by atomic mass is 16.4. The van der Waals surface area contributed by atoms with Gasteiger partial charge in [0.15, 0.2) is 0 Å². The SMILES string of the molecule is O=C(O)CC[C@H](O)c1ccccc1. The molecule has 0 aliphatic heterocycles. The first-order valence-electron chi connectivity index (χ1n) is 4.15. The molecule has 0 aromatic heterocycles. The van der Waals surface area contributed by atoms with Gasteiger partial charge in [0.2, 0.25) is 0 Å². The molecule has 1 aromatic rings. The number of aliphatic hydroxyl groups excluding tert-OH is 1. The Labute approximate surface area is 76.6 Å². The summed E-state index contributed by atoms with van der Waals surface area (Å²) < 4.78 is 0. The van der Waals surface area contributed by atoms with Crippen LogP contribution in [0.2, 0.25) is 0 Å². The summed E-state index contributed by atoms with van der Waals surface area (Å²) in [6.07, 6.45) is -0.410. The summed E-state index contributed by atoms with van der Waals surface area (Å²) in [6, 6.07) is 9.06. The van der Waals surface area contributed by atoms with E-state index in [0.29, 0.717) is 0 Å². The fraction of sp³-hybridized carbons (Fsp3) is 0.300. The van der Waals surface area contributed by atoms with E-state index >= 15 is 0 Å². The lowest BCUT2D eigenvalue weighted by Gasteiger charge is -2.08. The van der Waals surface area contributed by atoms with Crippen LogP contribution in [0.15, 0.2) is 30.3 Å². The lowest BCUT2D eigenvalue weighted by Crippen LogP contribution is -2.01. The minimum Gasteiger partial charge on any atom is -0.481 e. The van der Waals surface area contributed by atoms with Gasteiger partial charge in [0, 0.05) is 6.42 Å². The van der Waals surface area contributed by atoms with Crippen molar-refractivity contribution in [2.75, 3.05) is 0 Å². The molecule has 0 spiro atoms. The van der Waals surface area contributed by atoms with Gasteiger partial charge in [-0.15, -0.1) is 0 Å². The number of carbonyl (C=O) groups is 1. The monoisotopic (exact) mass is 180 g/mol. The van der Waals surface area contributed by atoms with Crippen molar-refractivity contribution in [1.29, 1.82) is 0 Å². The number of aliphatic hydroxyl groups is 1. The second-order valence-corrected chi connectivity index (χ2v) is 2.86. The van der Waals surface area contributed by atoms with Gasteiger partial charge in [-0.25, -0.2) is 0 Å². The highest BCUT2D eigenvalue weighted by Crippen LogP contribution is 2.17. The summed E-state index contributed by atoms with van der Waals surface area (Å²) in [7, 11) is 0. The molecule has 3 nitrogen and oxygen atoms in total. The molecule has 0 amide bonds. The zero-order chi connectivity index (χ0) is 9.68. The van der Waals surface area contributed by atoms with E-state index in [4.69, 9.17) is 5.11 Å². The zero-order valence-electron chi connectivity index (χ0n) is 7.18. The van der Waals surface area contributed by atoms with Gasteiger partial charge in [0.25, 0.3) is 0 Å². The van der Waals surface area contributed by atoms with Gasteiger partial charge in [-0.3, -0.25) is 4.79 Å². The number of hydrogen-bond acceptors (Lipinski definition) is 2. The Morgan fingerprint density at radius 3 is 2.46 bits per heavy atom. The highest BCUT2D eigenvalue weighted by Gasteiger charge is 2.08. The van der Waals surface area contributed by atoms with Gasteiger partial charge < -0.3 is 10.2 Å². The van der Waals surface area contributed by atoms with Gasteiger partial charge in [0.1, 0.15) is 0 Å². The van der Waals surface area contributed by atoms with E-state index in [-0.39, 0.29) is 12.8 Å². The molecule has 1 aromatic carbocycles. The van der Waals surface area contributed by atoms with E-state index in [1.165, 1.54) is 0 Å². The molecule has 0 heterocycles. The highest BCUT2D eigenvalue weighted by molar-refractivity contribution is 5.66. The Morgan fingerprint density at radius 2 is 1.92 bits per heavy atom. The van der Waals surface area contributed by atoms with Crippen LogP contribution >= 0.6 is 0 Å². The third-order valence-electron chi connectivity index (χ3n) is 1.82. The maximum absolute atomic E-state index is 10.2. The average Bonchev–Trinajstić information content (AvgIpc) is 2.15. The third-order valence-corrected chi connectivity index (χ3v) is 1.82. The average molecular weight is 180 g/mol. The second-order valence-electron chi connectivity index (χ2n) is 2.86. The number of hydrogen-bond donors (Lipinski definition) is 2. The summed E-state index contributed by atoms with van der Waals surface area (Å²) in [6.45, 7) is 0. The quantitative estimate of drug-likeness (QED) is 0.739. The Balaban J connectivity index is 2.49. The third kappa shape index (κ3) is 3.25. The van der Waals surface area contributed by atoms with Gasteiger partial charge in [0.05, 0.1) is 6.10 Å². The molecule has 0 bridgehead atoms. The van der Waals surface area contributed by atoms with E-state index in [1.54, 1.807) is 12.1 Å². The van der Waals surface area contributed by atoms with Crippen LogP contribution < -0.4 is 0 Å². The van der Waals surface area contributed by atoms with Crippen molar-refractivity contribution in [3.63, 3.8) is 0 Å². The molecule has 1 rings (SSSR count). The lowest BCUT2D eigenvalue weighted by molar-refractivity contribution is -0.137. The summed E-state index contributed by atoms with van der Waals surface area (Å²) in [5.41, 5.74) is 0.767. The Bertz CT molecular complexity index is 269. The Morgan fingerprint density at radius 1 is 1.31 bits per heavy atom. The van der Waals surface area contributed by atoms with Crippen molar-refractivity contribution >= 4 is 5.97 Å². The predicted molar refractivity (Wildman–Crippen MR) is 48.3 cm³/mol. The van der Waals surface area contributed by atoms with E-state index in [0.717, 1.165) is 5.56 Å². The summed E-state index contributed by atoms with van der Waals surface area (Å²) in [5.74, 6) is -0.880. The van der Waals surface area contributed by atoms with Crippen LogP contribution in [0.1, 0.15) is 24.5 Å². The van der Waals surface area contributed by atoms with Crippen molar-refractivity contribution in [2.24, 2.45) is 0 Å². The first-order valence-corrected chi connectivity index (χ1v) is 4.15. The number of aliphatic carboxylic acids is 1. The van der Waals surface area contributed by atoms with Crippen LogP contribution in [0.5, 0.6) is 0 Å². The number of carboxylic acids is 1. The van der Waals surface area contributed by atoms with Crippen molar-refractivity contribution < 1.29 is 15.0 Å². The first-order chi connectivity index (χ1) is 6.20. The van der Waals surface area contributed by atoms with E-state index in [1.807, 2.05) is 18.2 Å². The maximum Gasteiger partial charge on any atom is 0.303 e. The fourth-order valence-electron chi connectivity index (χ4n) is 1.10. The molecule has 1 atom stereocenters. The van der Waals surface area contributed by atoms with Crippen molar-refractivity contribution in [2.45, 2.75) is 18.9 Å². The molecule has 0 radical (unpaired) electrons. The van der Waals surface area contributed by atoms with E-state index in [9.17, 15) is 9.90 Å². The summed E-state index contributed by atoms with van der Waals surface area (Å²) in [5, 5.41) is 17.9. The van der Waals surface area contributed by atoms with Crippen LogP contribution in [-0.4, -0.2) is 16.2 Å². The maximum atomic E-state index is 10.2. The van der Waals surface area contributed by atoms with Crippen molar-refractivity contribution in [3.05, 3.63) is 35.9 Å². The van der Waals surface area contributed by atoms with Crippen molar-refractivity contribution in [1.82, 2.24) is 0 Å². The first kappa shape index (κ1) is 9.74. The van der Waals surface area contributed by atoms with Gasteiger partial charge in [-0.2, -0.15) is 0 Å². The molecular weight excluding hydrogens is 168 g/mol. The Kier molecular flexibility index (Phi) is 3.46. The van der Waals surface area contributed by atoms with Gasteiger partial charge >= 0.3 is 5.97 Å². The summed E-state index contributed by atoms with van der Waals surface area (Å²) >= 11 is 0. The topological polar surface area (TPSA) is 57.5 Å². The van der Waals surface area contributed by atoms with Gasteiger partial charge in [-0.1, -0.05) is 30.3 Å². The Hall–Kier alpha value is -1.35. The zero-order valence-corrected chi connectivity index (χ0v) is 7.18. The summed E-state index contributed by atoms with van der Waals surface area (Å²) in [4.78, 5) is 10.2. The van der Waals surface area contributed by atoms with E-state index < -0.39 is 12.1 Å². The normalized spacial score (nSPS) is 12.4. The standard InChI is InChI=1S/C10H12O3/c11-9(6-7-10(12)13)8-4-2-1-3-5-8/h1-5,9,11H,6-7H2,(H,12,13)/t9-/m0/s1. The minimum absolute atomic E-state index is 0.00391. The largest absolute Gasteiger partial charge is 0.481 e. The molecule has 0 aliphatic carbocycles. The number of carboxylic acid groups (broad SMARTS) is 1. The molecule has 0 saturated carbocycles. The second kappa shape index (κ2) is 4.62. The van der Waals surface area contributed by atoms with Crippen molar-refractivity contribution in [3.8, 4) is 0 Å². The predicted octanol–water partition coefficient (Wildman–Crippen LogP) is 1.58. The molecule has 2 N–H and O–H groups in total. The van der Waals surface area contributed by atoms with Crippen LogP contribution in [0.4, 0.5) is 0 Å². The fourth-order valence-corrected chi connectivity index (χ4v) is 1.10. The molecule has 0 saturated heterocycles. The van der Waals surface area contributed by atoms with Crippen LogP contribution in [-0.2, 0) is 4.79 Å².